The maximum Gasteiger partial charge on any atom is 0.254 e. The molecule has 19 heavy (non-hydrogen) atoms. The van der Waals surface area contributed by atoms with Crippen molar-refractivity contribution in [2.24, 2.45) is 0 Å². The molecule has 1 fully saturated rings. The first-order valence-corrected chi connectivity index (χ1v) is 6.56. The predicted molar refractivity (Wildman–Crippen MR) is 70.9 cm³/mol. The molecule has 0 aromatic heterocycles. The van der Waals surface area contributed by atoms with Gasteiger partial charge < -0.3 is 15.4 Å². The van der Waals surface area contributed by atoms with Crippen LogP contribution in [-0.4, -0.2) is 32.1 Å². The predicted octanol–water partition coefficient (Wildman–Crippen LogP) is 1.71. The molecule has 0 radical (unpaired) electrons. The van der Waals surface area contributed by atoms with Crippen LogP contribution in [0, 0.1) is 5.82 Å². The molecule has 1 amide bonds. The van der Waals surface area contributed by atoms with Crippen molar-refractivity contribution in [1.29, 1.82) is 0 Å². The summed E-state index contributed by atoms with van der Waals surface area (Å²) in [6, 6.07) is 4.71. The van der Waals surface area contributed by atoms with Gasteiger partial charge in [-0.05, 0) is 37.9 Å². The van der Waals surface area contributed by atoms with Crippen LogP contribution in [0.5, 0.6) is 5.75 Å². The van der Waals surface area contributed by atoms with Crippen molar-refractivity contribution in [3.8, 4) is 5.75 Å². The Hall–Kier alpha value is -1.62. The third-order valence-electron chi connectivity index (χ3n) is 3.36. The van der Waals surface area contributed by atoms with E-state index >= 15 is 0 Å². The molecule has 0 unspecified atom stereocenters. The van der Waals surface area contributed by atoms with Gasteiger partial charge >= 0.3 is 0 Å². The van der Waals surface area contributed by atoms with Gasteiger partial charge in [-0.2, -0.15) is 0 Å². The Morgan fingerprint density at radius 1 is 1.58 bits per heavy atom. The first-order valence-electron chi connectivity index (χ1n) is 6.56. The lowest BCUT2D eigenvalue weighted by atomic mass is 10.1. The minimum Gasteiger partial charge on any atom is -0.497 e. The van der Waals surface area contributed by atoms with Crippen molar-refractivity contribution in [3.63, 3.8) is 0 Å². The number of hydrogen-bond donors (Lipinski definition) is 2. The molecular formula is C14H19FN2O2. The van der Waals surface area contributed by atoms with E-state index in [4.69, 9.17) is 4.74 Å². The second-order valence-corrected chi connectivity index (χ2v) is 4.68. The zero-order chi connectivity index (χ0) is 13.7. The maximum atomic E-state index is 13.7. The Balaban J connectivity index is 1.85. The van der Waals surface area contributed by atoms with E-state index in [2.05, 4.69) is 10.6 Å². The third-order valence-corrected chi connectivity index (χ3v) is 3.36. The van der Waals surface area contributed by atoms with Crippen LogP contribution in [-0.2, 0) is 0 Å². The number of rotatable bonds is 5. The van der Waals surface area contributed by atoms with Crippen molar-refractivity contribution in [2.75, 3.05) is 20.2 Å². The van der Waals surface area contributed by atoms with Gasteiger partial charge in [0.25, 0.3) is 5.91 Å². The standard InChI is InChI=1S/C14H19FN2O2/c1-19-11-4-5-12(13(15)9-11)14(18)17-8-6-10-3-2-7-16-10/h4-5,9-10,16H,2-3,6-8H2,1H3,(H,17,18)/t10-/m0/s1. The summed E-state index contributed by atoms with van der Waals surface area (Å²) in [4.78, 5) is 11.8. The smallest absolute Gasteiger partial charge is 0.254 e. The van der Waals surface area contributed by atoms with Crippen LogP contribution in [0.2, 0.25) is 0 Å². The van der Waals surface area contributed by atoms with E-state index in [1.807, 2.05) is 0 Å². The molecule has 1 aromatic rings. The molecule has 0 bridgehead atoms. The number of nitrogens with one attached hydrogen (secondary N) is 2. The van der Waals surface area contributed by atoms with E-state index in [0.29, 0.717) is 18.3 Å². The molecule has 2 N–H and O–H groups in total. The Bertz CT molecular complexity index is 445. The highest BCUT2D eigenvalue weighted by Gasteiger charge is 2.15. The highest BCUT2D eigenvalue weighted by molar-refractivity contribution is 5.94. The van der Waals surface area contributed by atoms with Gasteiger partial charge in [0.1, 0.15) is 11.6 Å². The quantitative estimate of drug-likeness (QED) is 0.853. The lowest BCUT2D eigenvalue weighted by molar-refractivity contribution is 0.0948. The molecule has 2 rings (SSSR count). The van der Waals surface area contributed by atoms with Crippen LogP contribution in [0.1, 0.15) is 29.6 Å². The molecule has 1 aliphatic heterocycles. The Labute approximate surface area is 112 Å². The van der Waals surface area contributed by atoms with E-state index in [1.165, 1.54) is 25.7 Å². The van der Waals surface area contributed by atoms with Crippen molar-refractivity contribution in [2.45, 2.75) is 25.3 Å². The highest BCUT2D eigenvalue weighted by Crippen LogP contribution is 2.16. The summed E-state index contributed by atoms with van der Waals surface area (Å²) >= 11 is 0. The van der Waals surface area contributed by atoms with E-state index in [1.54, 1.807) is 6.07 Å². The van der Waals surface area contributed by atoms with Gasteiger partial charge in [-0.25, -0.2) is 4.39 Å². The fraction of sp³-hybridized carbons (Fsp3) is 0.500. The zero-order valence-corrected chi connectivity index (χ0v) is 11.0. The molecule has 1 heterocycles. The van der Waals surface area contributed by atoms with Crippen LogP contribution < -0.4 is 15.4 Å². The number of methoxy groups -OCH3 is 1. The molecule has 4 nitrogen and oxygen atoms in total. The van der Waals surface area contributed by atoms with Crippen molar-refractivity contribution in [1.82, 2.24) is 10.6 Å². The first kappa shape index (κ1) is 13.8. The van der Waals surface area contributed by atoms with Crippen LogP contribution in [0.15, 0.2) is 18.2 Å². The lowest BCUT2D eigenvalue weighted by Crippen LogP contribution is -2.31. The number of amides is 1. The molecule has 1 aromatic carbocycles. The monoisotopic (exact) mass is 266 g/mol. The molecular weight excluding hydrogens is 247 g/mol. The van der Waals surface area contributed by atoms with Crippen LogP contribution in [0.3, 0.4) is 0 Å². The average Bonchev–Trinajstić information content (AvgIpc) is 2.91. The second-order valence-electron chi connectivity index (χ2n) is 4.68. The summed E-state index contributed by atoms with van der Waals surface area (Å²) in [6.07, 6.45) is 3.21. The van der Waals surface area contributed by atoms with E-state index < -0.39 is 5.82 Å². The van der Waals surface area contributed by atoms with E-state index in [-0.39, 0.29) is 11.5 Å². The molecule has 0 spiro atoms. The van der Waals surface area contributed by atoms with E-state index in [9.17, 15) is 9.18 Å². The van der Waals surface area contributed by atoms with Gasteiger partial charge in [-0.15, -0.1) is 0 Å². The molecule has 104 valence electrons. The number of carbonyl (C=O) groups is 1. The fourth-order valence-corrected chi connectivity index (χ4v) is 2.27. The van der Waals surface area contributed by atoms with Gasteiger partial charge in [0, 0.05) is 18.7 Å². The van der Waals surface area contributed by atoms with Crippen LogP contribution in [0.4, 0.5) is 4.39 Å². The van der Waals surface area contributed by atoms with E-state index in [0.717, 1.165) is 19.4 Å². The summed E-state index contributed by atoms with van der Waals surface area (Å²) in [5.41, 5.74) is 0.0557. The normalized spacial score (nSPS) is 18.3. The number of carbonyl (C=O) groups excluding carboxylic acids is 1. The summed E-state index contributed by atoms with van der Waals surface area (Å²) in [7, 11) is 1.46. The van der Waals surface area contributed by atoms with Gasteiger partial charge in [0.2, 0.25) is 0 Å². The highest BCUT2D eigenvalue weighted by atomic mass is 19.1. The van der Waals surface area contributed by atoms with Crippen molar-refractivity contribution < 1.29 is 13.9 Å². The number of hydrogen-bond acceptors (Lipinski definition) is 3. The number of halogens is 1. The number of ether oxygens (including phenoxy) is 1. The van der Waals surface area contributed by atoms with Crippen LogP contribution >= 0.6 is 0 Å². The summed E-state index contributed by atoms with van der Waals surface area (Å²) in [6.45, 7) is 1.60. The zero-order valence-electron chi connectivity index (χ0n) is 11.0. The minimum absolute atomic E-state index is 0.0557. The lowest BCUT2D eigenvalue weighted by Gasteiger charge is -2.11. The Kier molecular flexibility index (Phi) is 4.74. The SMILES string of the molecule is COc1ccc(C(=O)NCC[C@@H]2CCCN2)c(F)c1. The first-order chi connectivity index (χ1) is 9.20. The largest absolute Gasteiger partial charge is 0.497 e. The van der Waals surface area contributed by atoms with Crippen LogP contribution in [0.25, 0.3) is 0 Å². The van der Waals surface area contributed by atoms with Crippen molar-refractivity contribution >= 4 is 5.91 Å². The topological polar surface area (TPSA) is 50.4 Å². The van der Waals surface area contributed by atoms with Gasteiger partial charge in [0.05, 0.1) is 12.7 Å². The van der Waals surface area contributed by atoms with Gasteiger partial charge in [-0.3, -0.25) is 4.79 Å². The molecule has 5 heteroatoms. The molecule has 0 saturated carbocycles. The second kappa shape index (κ2) is 6.52. The maximum absolute atomic E-state index is 13.7. The number of benzene rings is 1. The molecule has 1 aliphatic rings. The Morgan fingerprint density at radius 3 is 3.05 bits per heavy atom. The minimum atomic E-state index is -0.559. The van der Waals surface area contributed by atoms with Gasteiger partial charge in [0.15, 0.2) is 0 Å². The summed E-state index contributed by atoms with van der Waals surface area (Å²) < 4.78 is 18.6. The summed E-state index contributed by atoms with van der Waals surface area (Å²) in [5.74, 6) is -0.529. The molecule has 1 atom stereocenters. The fourth-order valence-electron chi connectivity index (χ4n) is 2.27. The molecule has 1 saturated heterocycles. The Morgan fingerprint density at radius 2 is 2.42 bits per heavy atom. The third kappa shape index (κ3) is 3.67. The van der Waals surface area contributed by atoms with Gasteiger partial charge in [-0.1, -0.05) is 0 Å². The molecule has 0 aliphatic carbocycles. The summed E-state index contributed by atoms with van der Waals surface area (Å²) in [5, 5.41) is 6.10. The van der Waals surface area contributed by atoms with Crippen molar-refractivity contribution in [3.05, 3.63) is 29.6 Å². The average molecular weight is 266 g/mol.